The minimum Gasteiger partial charge on any atom is -0.462 e. The fourth-order valence-corrected chi connectivity index (χ4v) is 14.8. The first-order valence-corrected chi connectivity index (χ1v) is 47.8. The van der Waals surface area contributed by atoms with E-state index in [4.69, 9.17) is 37.0 Å². The molecule has 0 saturated carbocycles. The maximum Gasteiger partial charge on any atom is 0.472 e. The normalized spacial score (nSPS) is 14.2. The molecule has 0 spiro atoms. The number of unbranched alkanes of at least 4 members (excludes halogenated alkanes) is 51. The molecule has 0 aromatic carbocycles. The number of ether oxygens (including phenoxy) is 4. The number of esters is 4. The van der Waals surface area contributed by atoms with Gasteiger partial charge < -0.3 is 33.8 Å². The second-order valence-electron chi connectivity index (χ2n) is 31.7. The molecule has 0 fully saturated rings. The van der Waals surface area contributed by atoms with Gasteiger partial charge in [0.25, 0.3) is 0 Å². The third-order valence-corrected chi connectivity index (χ3v) is 22.3. The maximum absolute atomic E-state index is 13.2. The monoisotopic (exact) mass is 1560 g/mol. The summed E-state index contributed by atoms with van der Waals surface area (Å²) in [5.74, 6) is -0.545. The van der Waals surface area contributed by atoms with E-state index < -0.39 is 97.5 Å². The van der Waals surface area contributed by atoms with Crippen molar-refractivity contribution in [3.8, 4) is 0 Å². The molecule has 107 heavy (non-hydrogen) atoms. The Balaban J connectivity index is 5.28. The summed E-state index contributed by atoms with van der Waals surface area (Å²) in [7, 11) is -9.94. The highest BCUT2D eigenvalue weighted by atomic mass is 31.2. The van der Waals surface area contributed by atoms with Crippen LogP contribution in [0.2, 0.25) is 0 Å². The first-order chi connectivity index (χ1) is 51.9. The molecule has 632 valence electrons. The van der Waals surface area contributed by atoms with Crippen LogP contribution in [0.5, 0.6) is 0 Å². The zero-order valence-corrected chi connectivity index (χ0v) is 71.7. The zero-order valence-electron chi connectivity index (χ0n) is 69.9. The molecule has 0 aliphatic carbocycles. The molecular formula is C88H168O17P2. The molecule has 0 saturated heterocycles. The van der Waals surface area contributed by atoms with Gasteiger partial charge in [-0.2, -0.15) is 0 Å². The molecule has 0 aromatic rings. The molecule has 0 radical (unpaired) electrons. The van der Waals surface area contributed by atoms with Gasteiger partial charge in [0, 0.05) is 25.7 Å². The summed E-state index contributed by atoms with van der Waals surface area (Å²) in [6.07, 6.45) is 74.4. The summed E-state index contributed by atoms with van der Waals surface area (Å²) in [4.78, 5) is 73.3. The summed E-state index contributed by atoms with van der Waals surface area (Å²) in [5.41, 5.74) is 0. The van der Waals surface area contributed by atoms with Crippen molar-refractivity contribution in [3.05, 3.63) is 24.3 Å². The van der Waals surface area contributed by atoms with Crippen molar-refractivity contribution >= 4 is 39.5 Å². The van der Waals surface area contributed by atoms with Crippen LogP contribution >= 0.6 is 15.6 Å². The van der Waals surface area contributed by atoms with Crippen molar-refractivity contribution in [2.45, 2.75) is 464 Å². The van der Waals surface area contributed by atoms with E-state index in [9.17, 15) is 43.2 Å². The van der Waals surface area contributed by atoms with Gasteiger partial charge in [-0.3, -0.25) is 37.3 Å². The van der Waals surface area contributed by atoms with Crippen molar-refractivity contribution in [2.24, 2.45) is 11.8 Å². The van der Waals surface area contributed by atoms with Crippen LogP contribution in [0.4, 0.5) is 0 Å². The molecule has 0 heterocycles. The minimum atomic E-state index is -4.97. The number of phosphoric ester groups is 2. The summed E-state index contributed by atoms with van der Waals surface area (Å²) < 4.78 is 68.9. The van der Waals surface area contributed by atoms with Crippen molar-refractivity contribution < 1.29 is 80.2 Å². The minimum absolute atomic E-state index is 0.0849. The Hall–Kier alpha value is -2.46. The molecule has 0 aromatic heterocycles. The fourth-order valence-electron chi connectivity index (χ4n) is 13.2. The Morgan fingerprint density at radius 2 is 0.551 bits per heavy atom. The van der Waals surface area contributed by atoms with E-state index in [0.29, 0.717) is 25.7 Å². The van der Waals surface area contributed by atoms with E-state index in [1.807, 2.05) is 0 Å². The van der Waals surface area contributed by atoms with Crippen LogP contribution in [0.3, 0.4) is 0 Å². The van der Waals surface area contributed by atoms with Gasteiger partial charge >= 0.3 is 39.5 Å². The van der Waals surface area contributed by atoms with E-state index in [1.165, 1.54) is 250 Å². The quantitative estimate of drug-likeness (QED) is 0.0169. The molecule has 0 bridgehead atoms. The lowest BCUT2D eigenvalue weighted by atomic mass is 9.99. The van der Waals surface area contributed by atoms with Gasteiger partial charge in [-0.15, -0.1) is 0 Å². The van der Waals surface area contributed by atoms with Crippen molar-refractivity contribution in [2.75, 3.05) is 39.6 Å². The lowest BCUT2D eigenvalue weighted by Crippen LogP contribution is -2.30. The predicted molar refractivity (Wildman–Crippen MR) is 441 cm³/mol. The highest BCUT2D eigenvalue weighted by Crippen LogP contribution is 2.45. The number of hydrogen-bond acceptors (Lipinski definition) is 15. The smallest absolute Gasteiger partial charge is 0.462 e. The Bertz CT molecular complexity index is 2140. The first kappa shape index (κ1) is 105. The average molecular weight is 1560 g/mol. The first-order valence-electron chi connectivity index (χ1n) is 44.8. The Labute approximate surface area is 656 Å². The number of aliphatic hydroxyl groups is 1. The van der Waals surface area contributed by atoms with Crippen LogP contribution in [0, 0.1) is 11.8 Å². The largest absolute Gasteiger partial charge is 0.472 e. The summed E-state index contributed by atoms with van der Waals surface area (Å²) in [6, 6.07) is 0. The average Bonchev–Trinajstić information content (AvgIpc) is 0.911. The number of hydrogen-bond donors (Lipinski definition) is 3. The number of carbonyl (C=O) groups is 4. The van der Waals surface area contributed by atoms with E-state index in [1.54, 1.807) is 0 Å². The van der Waals surface area contributed by atoms with Gasteiger partial charge in [0.1, 0.15) is 19.3 Å². The number of phosphoric acid groups is 2. The molecule has 0 amide bonds. The maximum atomic E-state index is 13.2. The molecule has 19 heteroatoms. The van der Waals surface area contributed by atoms with Crippen molar-refractivity contribution in [3.63, 3.8) is 0 Å². The lowest BCUT2D eigenvalue weighted by molar-refractivity contribution is -0.161. The van der Waals surface area contributed by atoms with Crippen LogP contribution < -0.4 is 0 Å². The highest BCUT2D eigenvalue weighted by molar-refractivity contribution is 7.47. The van der Waals surface area contributed by atoms with Crippen molar-refractivity contribution in [1.82, 2.24) is 0 Å². The topological polar surface area (TPSA) is 237 Å². The van der Waals surface area contributed by atoms with Gasteiger partial charge in [-0.25, -0.2) is 9.13 Å². The molecule has 3 unspecified atom stereocenters. The number of aliphatic hydroxyl groups excluding tert-OH is 1. The van der Waals surface area contributed by atoms with Crippen LogP contribution in [0.15, 0.2) is 24.3 Å². The lowest BCUT2D eigenvalue weighted by Gasteiger charge is -2.21. The van der Waals surface area contributed by atoms with Crippen LogP contribution in [-0.4, -0.2) is 96.7 Å². The summed E-state index contributed by atoms with van der Waals surface area (Å²) >= 11 is 0. The standard InChI is InChI=1S/C88H168O17P2/c1-7-10-12-14-16-18-20-22-24-25-26-27-28-29-35-39-43-47-55-61-67-73-87(92)104-83(76-98-85(90)70-64-58-52-45-41-37-34-31-30-33-36-40-44-50-56-62-68-80(4)5)78-102-106(94,95)100-74-82(89)75-101-107(96,97)103-79-84(77-99-86(91)71-65-59-53-49-48-51-57-63-69-81(6)9-3)105-88(93)72-66-60-54-46-42-38-32-23-21-19-17-15-13-11-8-2/h19,21,23,32,80-84,89H,7-18,20,22,24-31,33-79H2,1-6H3,(H,94,95)(H,96,97)/b21-19-,32-23-/t81?,82-,83-,84-/m1/s1. The SMILES string of the molecule is CCCCCC/C=C\C=C/CCCCCCCC(=O)O[C@H](COC(=O)CCCCCCCCCCC(C)CC)COP(=O)(O)OC[C@H](O)COP(=O)(O)OC[C@@H](COC(=O)CCCCCCCCCCCCCCCCCCC(C)C)OC(=O)CCCCCCCCCCCCCCCCCCCCCCC. The Kier molecular flexibility index (Phi) is 77.0. The third kappa shape index (κ3) is 80.0. The van der Waals surface area contributed by atoms with Gasteiger partial charge in [-0.05, 0) is 63.2 Å². The summed E-state index contributed by atoms with van der Waals surface area (Å²) in [5, 5.41) is 10.7. The van der Waals surface area contributed by atoms with Gasteiger partial charge in [-0.1, -0.05) is 393 Å². The van der Waals surface area contributed by atoms with Gasteiger partial charge in [0.15, 0.2) is 12.2 Å². The highest BCUT2D eigenvalue weighted by Gasteiger charge is 2.30. The summed E-state index contributed by atoms with van der Waals surface area (Å²) in [6.45, 7) is 9.64. The van der Waals surface area contributed by atoms with Gasteiger partial charge in [0.2, 0.25) is 0 Å². The molecule has 0 aliphatic heterocycles. The molecular weight excluding hydrogens is 1390 g/mol. The van der Waals surface area contributed by atoms with Crippen molar-refractivity contribution in [1.29, 1.82) is 0 Å². The number of allylic oxidation sites excluding steroid dienone is 4. The Morgan fingerprint density at radius 3 is 0.841 bits per heavy atom. The van der Waals surface area contributed by atoms with E-state index in [-0.39, 0.29) is 25.7 Å². The number of rotatable bonds is 85. The third-order valence-electron chi connectivity index (χ3n) is 20.4. The second-order valence-corrected chi connectivity index (χ2v) is 34.6. The van der Waals surface area contributed by atoms with E-state index >= 15 is 0 Å². The second kappa shape index (κ2) is 78.8. The Morgan fingerprint density at radius 1 is 0.308 bits per heavy atom. The number of carbonyl (C=O) groups excluding carboxylic acids is 4. The van der Waals surface area contributed by atoms with E-state index in [2.05, 4.69) is 65.8 Å². The molecule has 0 aliphatic rings. The zero-order chi connectivity index (χ0) is 78.5. The van der Waals surface area contributed by atoms with Gasteiger partial charge in [0.05, 0.1) is 26.4 Å². The van der Waals surface area contributed by atoms with Crippen LogP contribution in [-0.2, 0) is 65.4 Å². The molecule has 6 atom stereocenters. The molecule has 17 nitrogen and oxygen atoms in total. The fraction of sp³-hybridized carbons (Fsp3) is 0.909. The molecule has 0 rings (SSSR count). The van der Waals surface area contributed by atoms with E-state index in [0.717, 1.165) is 115 Å². The predicted octanol–water partition coefficient (Wildman–Crippen LogP) is 26.6. The molecule has 3 N–H and O–H groups in total. The van der Waals surface area contributed by atoms with Crippen LogP contribution in [0.25, 0.3) is 0 Å². The van der Waals surface area contributed by atoms with Crippen LogP contribution in [0.1, 0.15) is 446 Å².